The zero-order chi connectivity index (χ0) is 9.47. The Morgan fingerprint density at radius 2 is 2.23 bits per heavy atom. The molecular formula is C9H16N2O2. The molecule has 0 spiro atoms. The lowest BCUT2D eigenvalue weighted by molar-refractivity contribution is -0.125. The van der Waals surface area contributed by atoms with Crippen LogP contribution < -0.4 is 0 Å². The van der Waals surface area contributed by atoms with E-state index in [1.807, 2.05) is 4.90 Å². The summed E-state index contributed by atoms with van der Waals surface area (Å²) in [6, 6.07) is 0. The summed E-state index contributed by atoms with van der Waals surface area (Å²) in [5.41, 5.74) is -0.495. The number of β-amino-alcohol motifs (C(OH)–C–C–N with tert-alkyl or cyclic N) is 1. The summed E-state index contributed by atoms with van der Waals surface area (Å²) in [5, 5.41) is 9.87. The first-order chi connectivity index (χ1) is 6.09. The molecule has 2 fully saturated rings. The molecule has 4 nitrogen and oxygen atoms in total. The third kappa shape index (κ3) is 1.69. The first-order valence-corrected chi connectivity index (χ1v) is 4.78. The maximum Gasteiger partial charge on any atom is 0.237 e. The Hall–Kier alpha value is -0.610. The van der Waals surface area contributed by atoms with Crippen LogP contribution in [0.25, 0.3) is 0 Å². The number of hydrogen-bond acceptors (Lipinski definition) is 3. The van der Waals surface area contributed by atoms with E-state index >= 15 is 0 Å². The van der Waals surface area contributed by atoms with E-state index < -0.39 is 5.60 Å². The van der Waals surface area contributed by atoms with Crippen LogP contribution in [-0.2, 0) is 4.79 Å². The predicted octanol–water partition coefficient (Wildman–Crippen LogP) is -0.367. The van der Waals surface area contributed by atoms with Gasteiger partial charge in [-0.25, -0.2) is 0 Å². The van der Waals surface area contributed by atoms with Gasteiger partial charge in [0, 0.05) is 13.6 Å². The van der Waals surface area contributed by atoms with Crippen LogP contribution in [0.4, 0.5) is 0 Å². The van der Waals surface area contributed by atoms with Crippen molar-refractivity contribution in [3.8, 4) is 0 Å². The van der Waals surface area contributed by atoms with Gasteiger partial charge >= 0.3 is 0 Å². The fraction of sp³-hybridized carbons (Fsp3) is 0.889. The van der Waals surface area contributed by atoms with Crippen molar-refractivity contribution in [1.82, 2.24) is 9.80 Å². The summed E-state index contributed by atoms with van der Waals surface area (Å²) in [7, 11) is 1.80. The number of rotatable bonds is 2. The van der Waals surface area contributed by atoms with Crippen molar-refractivity contribution in [2.75, 3.05) is 26.8 Å². The molecule has 0 aromatic heterocycles. The van der Waals surface area contributed by atoms with Crippen LogP contribution in [0.1, 0.15) is 19.3 Å². The second-order valence-electron chi connectivity index (χ2n) is 4.30. The zero-order valence-electron chi connectivity index (χ0n) is 7.99. The quantitative estimate of drug-likeness (QED) is 0.637. The topological polar surface area (TPSA) is 43.8 Å². The molecule has 1 heterocycles. The van der Waals surface area contributed by atoms with E-state index in [0.29, 0.717) is 19.8 Å². The monoisotopic (exact) mass is 184 g/mol. The van der Waals surface area contributed by atoms with Crippen molar-refractivity contribution in [1.29, 1.82) is 0 Å². The number of amides is 1. The molecule has 2 aliphatic rings. The van der Waals surface area contributed by atoms with Crippen molar-refractivity contribution in [2.24, 2.45) is 0 Å². The molecule has 0 aromatic rings. The molecule has 4 heteroatoms. The van der Waals surface area contributed by atoms with Crippen LogP contribution in [0.5, 0.6) is 0 Å². The van der Waals surface area contributed by atoms with Crippen molar-refractivity contribution in [2.45, 2.75) is 24.9 Å². The van der Waals surface area contributed by atoms with E-state index in [1.54, 1.807) is 11.9 Å². The fourth-order valence-corrected chi connectivity index (χ4v) is 2.01. The maximum absolute atomic E-state index is 11.2. The van der Waals surface area contributed by atoms with Crippen molar-refractivity contribution < 1.29 is 9.90 Å². The molecule has 1 N–H and O–H groups in total. The summed E-state index contributed by atoms with van der Waals surface area (Å²) in [6.07, 6.45) is 2.90. The molecule has 0 unspecified atom stereocenters. The Morgan fingerprint density at radius 3 is 2.62 bits per heavy atom. The lowest BCUT2D eigenvalue weighted by Crippen LogP contribution is -2.47. The zero-order valence-corrected chi connectivity index (χ0v) is 7.99. The molecule has 0 bridgehead atoms. The first-order valence-electron chi connectivity index (χ1n) is 4.78. The number of hydrogen-bond donors (Lipinski definition) is 1. The third-order valence-corrected chi connectivity index (χ3v) is 3.00. The Bertz CT molecular complexity index is 226. The summed E-state index contributed by atoms with van der Waals surface area (Å²) in [5.74, 6) is 0.155. The molecule has 0 atom stereocenters. The molecule has 1 aliphatic carbocycles. The lowest BCUT2D eigenvalue weighted by Gasteiger charge is -2.39. The smallest absolute Gasteiger partial charge is 0.237 e. The van der Waals surface area contributed by atoms with E-state index in [9.17, 15) is 9.90 Å². The van der Waals surface area contributed by atoms with Gasteiger partial charge in [0.05, 0.1) is 18.8 Å². The van der Waals surface area contributed by atoms with Gasteiger partial charge in [0.15, 0.2) is 0 Å². The average molecular weight is 184 g/mol. The average Bonchev–Trinajstić information content (AvgIpc) is 2.28. The number of nitrogens with zero attached hydrogens (tertiary/aromatic N) is 2. The van der Waals surface area contributed by atoms with Crippen LogP contribution in [0.2, 0.25) is 0 Å². The summed E-state index contributed by atoms with van der Waals surface area (Å²) in [6.45, 7) is 1.79. The largest absolute Gasteiger partial charge is 0.389 e. The van der Waals surface area contributed by atoms with Crippen LogP contribution in [0.3, 0.4) is 0 Å². The standard InChI is InChI=1S/C9H16N2O2/c1-10-7-11(5-8(10)12)6-9(13)3-2-4-9/h13H,2-7H2,1H3. The minimum Gasteiger partial charge on any atom is -0.389 e. The van der Waals surface area contributed by atoms with Gasteiger partial charge in [-0.15, -0.1) is 0 Å². The second kappa shape index (κ2) is 2.96. The molecule has 1 amide bonds. The molecule has 1 aliphatic heterocycles. The predicted molar refractivity (Wildman–Crippen MR) is 48.0 cm³/mol. The van der Waals surface area contributed by atoms with E-state index in [-0.39, 0.29) is 5.91 Å². The van der Waals surface area contributed by atoms with E-state index in [1.165, 1.54) is 0 Å². The molecule has 13 heavy (non-hydrogen) atoms. The fourth-order valence-electron chi connectivity index (χ4n) is 2.01. The minimum absolute atomic E-state index is 0.155. The molecule has 0 aromatic carbocycles. The van der Waals surface area contributed by atoms with Crippen molar-refractivity contribution in [3.63, 3.8) is 0 Å². The highest BCUT2D eigenvalue weighted by atomic mass is 16.3. The van der Waals surface area contributed by atoms with Gasteiger partial charge in [0.1, 0.15) is 0 Å². The second-order valence-corrected chi connectivity index (χ2v) is 4.30. The van der Waals surface area contributed by atoms with Crippen LogP contribution >= 0.6 is 0 Å². The van der Waals surface area contributed by atoms with Gasteiger partial charge in [-0.3, -0.25) is 9.69 Å². The maximum atomic E-state index is 11.2. The number of aliphatic hydroxyl groups is 1. The normalized spacial score (nSPS) is 27.8. The van der Waals surface area contributed by atoms with Crippen LogP contribution in [-0.4, -0.2) is 53.2 Å². The summed E-state index contributed by atoms with van der Waals surface area (Å²) in [4.78, 5) is 14.9. The molecule has 2 rings (SSSR count). The molecule has 1 saturated heterocycles. The van der Waals surface area contributed by atoms with Gasteiger partial charge in [-0.05, 0) is 19.3 Å². The van der Waals surface area contributed by atoms with Gasteiger partial charge < -0.3 is 10.0 Å². The third-order valence-electron chi connectivity index (χ3n) is 3.00. The molecule has 1 saturated carbocycles. The summed E-state index contributed by atoms with van der Waals surface area (Å²) < 4.78 is 0. The highest BCUT2D eigenvalue weighted by Gasteiger charge is 2.38. The number of carbonyl (C=O) groups is 1. The highest BCUT2D eigenvalue weighted by Crippen LogP contribution is 2.32. The van der Waals surface area contributed by atoms with Crippen LogP contribution in [0, 0.1) is 0 Å². The lowest BCUT2D eigenvalue weighted by atomic mass is 9.80. The first kappa shape index (κ1) is 8.97. The van der Waals surface area contributed by atoms with Gasteiger partial charge in [-0.1, -0.05) is 0 Å². The van der Waals surface area contributed by atoms with Crippen molar-refractivity contribution >= 4 is 5.91 Å². The van der Waals surface area contributed by atoms with Gasteiger partial charge in [0.25, 0.3) is 0 Å². The van der Waals surface area contributed by atoms with E-state index in [4.69, 9.17) is 0 Å². The Labute approximate surface area is 78.1 Å². The molecule has 0 radical (unpaired) electrons. The SMILES string of the molecule is CN1CN(CC2(O)CCC2)CC1=O. The number of likely N-dealkylation sites (N-methyl/N-ethyl adjacent to an activating group) is 1. The minimum atomic E-state index is -0.495. The van der Waals surface area contributed by atoms with Gasteiger partial charge in [-0.2, -0.15) is 0 Å². The van der Waals surface area contributed by atoms with Crippen LogP contribution in [0.15, 0.2) is 0 Å². The summed E-state index contributed by atoms with van der Waals surface area (Å²) >= 11 is 0. The Morgan fingerprint density at radius 1 is 1.54 bits per heavy atom. The Balaban J connectivity index is 1.86. The highest BCUT2D eigenvalue weighted by molar-refractivity contribution is 5.79. The molecular weight excluding hydrogens is 168 g/mol. The molecule has 74 valence electrons. The number of carbonyl (C=O) groups excluding carboxylic acids is 1. The van der Waals surface area contributed by atoms with Gasteiger partial charge in [0.2, 0.25) is 5.91 Å². The van der Waals surface area contributed by atoms with Crippen molar-refractivity contribution in [3.05, 3.63) is 0 Å². The Kier molecular flexibility index (Phi) is 2.04. The van der Waals surface area contributed by atoms with E-state index in [0.717, 1.165) is 19.3 Å². The van der Waals surface area contributed by atoms with E-state index in [2.05, 4.69) is 0 Å².